The molecular formula is C16H46N2V18. The summed E-state index contributed by atoms with van der Waals surface area (Å²) >= 11 is 40.5. The zero-order valence-corrected chi connectivity index (χ0v) is 49.5. The first kappa shape index (κ1) is 97.0. The van der Waals surface area contributed by atoms with Crippen LogP contribution in [0.3, 0.4) is 0 Å². The first-order chi connectivity index (χ1) is 17.3. The van der Waals surface area contributed by atoms with Crippen molar-refractivity contribution in [2.75, 3.05) is 42.3 Å². The van der Waals surface area contributed by atoms with Gasteiger partial charge in [0.05, 0.1) is 0 Å². The number of hydrogen-bond donors (Lipinski definition) is 0. The molecule has 0 bridgehead atoms. The van der Waals surface area contributed by atoms with Crippen molar-refractivity contribution < 1.29 is 263 Å². The van der Waals surface area contributed by atoms with Crippen LogP contribution in [0.4, 0.5) is 0 Å². The summed E-state index contributed by atoms with van der Waals surface area (Å²) in [5.41, 5.74) is 0. The molecule has 0 saturated carbocycles. The van der Waals surface area contributed by atoms with Gasteiger partial charge in [0.15, 0.2) is 0 Å². The first-order valence-electron chi connectivity index (χ1n) is 9.31. The third-order valence-corrected chi connectivity index (χ3v) is 0. The van der Waals surface area contributed by atoms with Crippen molar-refractivity contribution in [2.45, 2.75) is 68.2 Å². The summed E-state index contributed by atoms with van der Waals surface area (Å²) in [4.78, 5) is 4.00. The third-order valence-electron chi connectivity index (χ3n) is 0. The van der Waals surface area contributed by atoms with Crippen LogP contribution in [0.25, 0.3) is 0 Å². The van der Waals surface area contributed by atoms with Gasteiger partial charge in [-0.25, -0.2) is 0 Å². The van der Waals surface area contributed by atoms with Crippen LogP contribution in [-0.4, -0.2) is 52.1 Å². The Balaban J connectivity index is -0.0000000102. The summed E-state index contributed by atoms with van der Waals surface area (Å²) in [7, 11) is 12.0. The molecule has 20 heteroatoms. The van der Waals surface area contributed by atoms with E-state index in [2.05, 4.69) is 291 Å². The second-order valence-corrected chi connectivity index (χ2v) is 4.10. The van der Waals surface area contributed by atoms with E-state index >= 15 is 0 Å². The Bertz CT molecular complexity index is 138. The fourth-order valence-corrected chi connectivity index (χ4v) is 0. The van der Waals surface area contributed by atoms with Crippen molar-refractivity contribution in [3.63, 3.8) is 0 Å². The Labute approximate surface area is 374 Å². The van der Waals surface area contributed by atoms with Crippen molar-refractivity contribution in [3.8, 4) is 0 Å². The number of nitrogens with zero attached hydrogens (tertiary/aromatic N) is 2. The molecule has 0 N–H and O–H groups in total. The van der Waals surface area contributed by atoms with Gasteiger partial charge < -0.3 is 9.80 Å². The van der Waals surface area contributed by atoms with Crippen molar-refractivity contribution >= 4 is 0 Å². The second-order valence-electron chi connectivity index (χ2n) is 4.10. The molecule has 0 unspecified atom stereocenters. The molecule has 2 nitrogen and oxygen atoms in total. The van der Waals surface area contributed by atoms with E-state index < -0.39 is 0 Å². The summed E-state index contributed by atoms with van der Waals surface area (Å²) in [6, 6.07) is 0. The van der Waals surface area contributed by atoms with Gasteiger partial charge in [0, 0.05) is 0 Å². The van der Waals surface area contributed by atoms with Crippen LogP contribution in [0.5, 0.6) is 0 Å². The van der Waals surface area contributed by atoms with E-state index in [1.165, 1.54) is 12.8 Å². The summed E-state index contributed by atoms with van der Waals surface area (Å²) < 4.78 is 0. The Hall–Kier alpha value is 10.4. The van der Waals surface area contributed by atoms with Crippen molar-refractivity contribution in [3.05, 3.63) is 0 Å². The topological polar surface area (TPSA) is 6.48 Å². The van der Waals surface area contributed by atoms with E-state index in [-0.39, 0.29) is 0 Å². The Morgan fingerprint density at radius 3 is 0.278 bits per heavy atom. The standard InChI is InChI=1S/2C3H9N.2C3H8.2C2H6.18V/c2*1-4(2)3;2*1-3-2;2*1-2;;;;;;;;;;;;;;;;;;/h2*1-3H3;2*3H2,1-2H3;2*1-2H3;;;;;;;;;;;;;;;;;;. The monoisotopic (exact) mass is 1180 g/mol. The Morgan fingerprint density at radius 1 is 0.278 bits per heavy atom. The third kappa shape index (κ3) is 769. The summed E-state index contributed by atoms with van der Waals surface area (Å²) in [5, 5.41) is 0. The molecule has 0 radical (unpaired) electrons. The SMILES string of the molecule is CC.CC.CCC.CCC.CN(C)C.CN(C)C.[V]=[V].[V]=[V].[V]=[V].[V]=[V].[V]=[V].[V]=[V].[V]=[V].[V]=[V].[V]=[V]. The zero-order chi connectivity index (χ0) is 34.6. The molecule has 0 fully saturated rings. The molecular weight excluding hydrogens is 1140 g/mol. The van der Waals surface area contributed by atoms with E-state index in [1.54, 1.807) is 0 Å². The predicted octanol–water partition coefficient (Wildman–Crippen LogP) is 5.20. The fourth-order valence-electron chi connectivity index (χ4n) is 0. The zero-order valence-electron chi connectivity index (χ0n) is 24.4. The van der Waals surface area contributed by atoms with Gasteiger partial charge in [-0.3, -0.25) is 0 Å². The molecule has 0 aromatic carbocycles. The minimum atomic E-state index is 1.25. The maximum absolute atomic E-state index is 2.25. The molecule has 0 rings (SSSR count). The van der Waals surface area contributed by atoms with Crippen LogP contribution in [0.15, 0.2) is 0 Å². The average Bonchev–Trinajstić information content (AvgIpc) is 2.96. The molecule has 0 aliphatic carbocycles. The first-order valence-corrected chi connectivity index (χ1v) is 38.1. The van der Waals surface area contributed by atoms with Crippen molar-refractivity contribution in [1.82, 2.24) is 9.80 Å². The molecule has 0 spiro atoms. The van der Waals surface area contributed by atoms with E-state index in [0.717, 1.165) is 0 Å². The van der Waals surface area contributed by atoms with Gasteiger partial charge in [-0.1, -0.05) is 68.2 Å². The van der Waals surface area contributed by atoms with Gasteiger partial charge in [0.2, 0.25) is 0 Å². The molecule has 0 aliphatic rings. The molecule has 0 aromatic heterocycles. The van der Waals surface area contributed by atoms with E-state index in [9.17, 15) is 0 Å². The molecule has 0 atom stereocenters. The van der Waals surface area contributed by atoms with Gasteiger partial charge in [0.1, 0.15) is 0 Å². The Kier molecular flexibility index (Phi) is 711. The molecule has 0 saturated heterocycles. The van der Waals surface area contributed by atoms with E-state index in [1.807, 2.05) is 79.8 Å². The van der Waals surface area contributed by atoms with Crippen LogP contribution in [0.1, 0.15) is 68.2 Å². The summed E-state index contributed by atoms with van der Waals surface area (Å²) in [6.45, 7) is 16.5. The molecule has 0 aromatic rings. The van der Waals surface area contributed by atoms with Gasteiger partial charge >= 0.3 is 263 Å². The molecule has 0 aliphatic heterocycles. The molecule has 0 heterocycles. The summed E-state index contributed by atoms with van der Waals surface area (Å²) in [5.74, 6) is 0. The number of hydrogen-bond acceptors (Lipinski definition) is 2. The van der Waals surface area contributed by atoms with Crippen LogP contribution >= 0.6 is 0 Å². The van der Waals surface area contributed by atoms with E-state index in [0.29, 0.717) is 0 Å². The van der Waals surface area contributed by atoms with Crippen LogP contribution in [0.2, 0.25) is 0 Å². The quantitative estimate of drug-likeness (QED) is 0.330. The number of rotatable bonds is 0. The van der Waals surface area contributed by atoms with Gasteiger partial charge in [0.25, 0.3) is 0 Å². The van der Waals surface area contributed by atoms with Crippen LogP contribution < -0.4 is 0 Å². The van der Waals surface area contributed by atoms with E-state index in [4.69, 9.17) is 0 Å². The van der Waals surface area contributed by atoms with Crippen molar-refractivity contribution in [1.29, 1.82) is 0 Å². The van der Waals surface area contributed by atoms with Gasteiger partial charge in [-0.15, -0.1) is 0 Å². The fraction of sp³-hybridized carbons (Fsp3) is 1.00. The minimum absolute atomic E-state index is 1.25. The van der Waals surface area contributed by atoms with Crippen LogP contribution in [-0.2, 0) is 263 Å². The second kappa shape index (κ2) is 264. The summed E-state index contributed by atoms with van der Waals surface area (Å²) in [6.07, 6.45) is 2.50. The van der Waals surface area contributed by atoms with Crippen molar-refractivity contribution in [2.24, 2.45) is 0 Å². The normalized spacial score (nSPS) is 3.83. The maximum atomic E-state index is 2.25. The Morgan fingerprint density at radius 2 is 0.278 bits per heavy atom. The van der Waals surface area contributed by atoms with Gasteiger partial charge in [-0.05, 0) is 42.3 Å². The molecule has 36 heavy (non-hydrogen) atoms. The van der Waals surface area contributed by atoms with Crippen LogP contribution in [0, 0.1) is 0 Å². The molecule has 0 amide bonds. The average molecular weight is 1180 g/mol. The van der Waals surface area contributed by atoms with Gasteiger partial charge in [-0.2, -0.15) is 0 Å². The predicted molar refractivity (Wildman–Crippen MR) is 93.8 cm³/mol. The molecule has 210 valence electrons.